The molecule has 1 aliphatic carbocycles. The molecule has 1 saturated carbocycles. The lowest BCUT2D eigenvalue weighted by molar-refractivity contribution is 0.00988. The second-order valence-corrected chi connectivity index (χ2v) is 4.00. The highest BCUT2D eigenvalue weighted by molar-refractivity contribution is 5.30. The molecule has 0 aromatic heterocycles. The zero-order valence-corrected chi connectivity index (χ0v) is 9.14. The van der Waals surface area contributed by atoms with Crippen molar-refractivity contribution in [2.24, 2.45) is 0 Å². The van der Waals surface area contributed by atoms with Crippen LogP contribution < -0.4 is 0 Å². The molecule has 0 heterocycles. The van der Waals surface area contributed by atoms with Crippen LogP contribution in [0.15, 0.2) is 37.1 Å². The van der Waals surface area contributed by atoms with Crippen molar-refractivity contribution in [2.75, 3.05) is 0 Å². The SMILES string of the molecule is C=CC(=C)C(=C)OC1(CC)CCCC1. The van der Waals surface area contributed by atoms with E-state index < -0.39 is 0 Å². The third-order valence-corrected chi connectivity index (χ3v) is 3.10. The first kappa shape index (κ1) is 11.1. The van der Waals surface area contributed by atoms with Crippen LogP contribution >= 0.6 is 0 Å². The molecule has 1 nitrogen and oxygen atoms in total. The van der Waals surface area contributed by atoms with Gasteiger partial charge in [-0.1, -0.05) is 32.7 Å². The predicted molar refractivity (Wildman–Crippen MR) is 61.1 cm³/mol. The number of hydrogen-bond acceptors (Lipinski definition) is 1. The zero-order valence-electron chi connectivity index (χ0n) is 9.14. The van der Waals surface area contributed by atoms with Crippen LogP contribution in [0.25, 0.3) is 0 Å². The average molecular weight is 192 g/mol. The lowest BCUT2D eigenvalue weighted by Gasteiger charge is -2.30. The molecule has 0 bridgehead atoms. The molecule has 14 heavy (non-hydrogen) atoms. The van der Waals surface area contributed by atoms with E-state index in [1.165, 1.54) is 12.8 Å². The van der Waals surface area contributed by atoms with Crippen molar-refractivity contribution in [1.82, 2.24) is 0 Å². The largest absolute Gasteiger partial charge is 0.487 e. The predicted octanol–water partition coefficient (Wildman–Crippen LogP) is 3.98. The molecule has 1 aliphatic rings. The number of rotatable bonds is 5. The molecule has 0 aromatic rings. The third-order valence-electron chi connectivity index (χ3n) is 3.10. The zero-order chi connectivity index (χ0) is 10.6. The van der Waals surface area contributed by atoms with Crippen LogP contribution in [0.2, 0.25) is 0 Å². The van der Waals surface area contributed by atoms with Crippen molar-refractivity contribution in [3.8, 4) is 0 Å². The van der Waals surface area contributed by atoms with Crippen molar-refractivity contribution in [2.45, 2.75) is 44.6 Å². The maximum absolute atomic E-state index is 5.94. The minimum atomic E-state index is 0.0308. The van der Waals surface area contributed by atoms with Gasteiger partial charge in [0.05, 0.1) is 0 Å². The summed E-state index contributed by atoms with van der Waals surface area (Å²) in [5.74, 6) is 0.684. The van der Waals surface area contributed by atoms with Crippen molar-refractivity contribution in [1.29, 1.82) is 0 Å². The van der Waals surface area contributed by atoms with E-state index in [1.807, 2.05) is 0 Å². The van der Waals surface area contributed by atoms with Crippen LogP contribution in [0.4, 0.5) is 0 Å². The minimum Gasteiger partial charge on any atom is -0.487 e. The molecule has 78 valence electrons. The number of ether oxygens (including phenoxy) is 1. The summed E-state index contributed by atoms with van der Waals surface area (Å²) < 4.78 is 5.94. The molecule has 0 N–H and O–H groups in total. The highest BCUT2D eigenvalue weighted by Gasteiger charge is 2.34. The molecule has 0 unspecified atom stereocenters. The van der Waals surface area contributed by atoms with Crippen molar-refractivity contribution < 1.29 is 4.74 Å². The second-order valence-electron chi connectivity index (χ2n) is 4.00. The summed E-state index contributed by atoms with van der Waals surface area (Å²) in [6, 6.07) is 0. The Hall–Kier alpha value is -0.980. The Balaban J connectivity index is 2.60. The highest BCUT2D eigenvalue weighted by Crippen LogP contribution is 2.38. The maximum atomic E-state index is 5.94. The Morgan fingerprint density at radius 2 is 1.93 bits per heavy atom. The fraction of sp³-hybridized carbons (Fsp3) is 0.538. The Bertz CT molecular complexity index is 244. The van der Waals surface area contributed by atoms with Crippen molar-refractivity contribution >= 4 is 0 Å². The van der Waals surface area contributed by atoms with Gasteiger partial charge in [0, 0.05) is 5.57 Å². The van der Waals surface area contributed by atoms with Gasteiger partial charge in [-0.15, -0.1) is 0 Å². The highest BCUT2D eigenvalue weighted by atomic mass is 16.5. The topological polar surface area (TPSA) is 9.23 Å². The fourth-order valence-electron chi connectivity index (χ4n) is 1.99. The average Bonchev–Trinajstić information content (AvgIpc) is 2.65. The Morgan fingerprint density at radius 3 is 2.36 bits per heavy atom. The molecule has 1 rings (SSSR count). The monoisotopic (exact) mass is 192 g/mol. The third kappa shape index (κ3) is 2.28. The first-order valence-electron chi connectivity index (χ1n) is 5.33. The van der Waals surface area contributed by atoms with Crippen LogP contribution in [0.3, 0.4) is 0 Å². The molecule has 0 aromatic carbocycles. The van der Waals surface area contributed by atoms with Crippen molar-refractivity contribution in [3.05, 3.63) is 37.1 Å². The summed E-state index contributed by atoms with van der Waals surface area (Å²) in [7, 11) is 0. The number of hydrogen-bond donors (Lipinski definition) is 0. The first-order valence-corrected chi connectivity index (χ1v) is 5.33. The first-order chi connectivity index (χ1) is 6.63. The molecule has 0 spiro atoms. The van der Waals surface area contributed by atoms with Gasteiger partial charge < -0.3 is 4.74 Å². The van der Waals surface area contributed by atoms with Crippen molar-refractivity contribution in [3.63, 3.8) is 0 Å². The molecule has 0 amide bonds. The van der Waals surface area contributed by atoms with Crippen LogP contribution in [0.1, 0.15) is 39.0 Å². The molecular formula is C13H20O. The molecule has 0 atom stereocenters. The van der Waals surface area contributed by atoms with E-state index in [0.717, 1.165) is 24.8 Å². The van der Waals surface area contributed by atoms with Gasteiger partial charge >= 0.3 is 0 Å². The quantitative estimate of drug-likeness (QED) is 0.473. The van der Waals surface area contributed by atoms with E-state index in [1.54, 1.807) is 6.08 Å². The molecule has 0 saturated heterocycles. The summed E-state index contributed by atoms with van der Waals surface area (Å²) >= 11 is 0. The van der Waals surface area contributed by atoms with Gasteiger partial charge in [0.1, 0.15) is 11.4 Å². The van der Waals surface area contributed by atoms with Crippen LogP contribution in [-0.4, -0.2) is 5.60 Å². The lowest BCUT2D eigenvalue weighted by atomic mass is 9.98. The van der Waals surface area contributed by atoms with Gasteiger partial charge in [0.15, 0.2) is 0 Å². The fourth-order valence-corrected chi connectivity index (χ4v) is 1.99. The maximum Gasteiger partial charge on any atom is 0.119 e. The standard InChI is InChI=1S/C13H20O/c1-5-11(3)12(4)14-13(6-2)9-7-8-10-13/h5H,1,3-4,6-10H2,2H3. The van der Waals surface area contributed by atoms with Gasteiger partial charge in [0.25, 0.3) is 0 Å². The van der Waals surface area contributed by atoms with Gasteiger partial charge in [0.2, 0.25) is 0 Å². The summed E-state index contributed by atoms with van der Waals surface area (Å²) in [5.41, 5.74) is 0.827. The van der Waals surface area contributed by atoms with Gasteiger partial charge in [-0.05, 0) is 32.1 Å². The van der Waals surface area contributed by atoms with Crippen LogP contribution in [0.5, 0.6) is 0 Å². The van der Waals surface area contributed by atoms with E-state index in [2.05, 4.69) is 26.7 Å². The van der Waals surface area contributed by atoms with Crippen LogP contribution in [0, 0.1) is 0 Å². The Morgan fingerprint density at radius 1 is 1.36 bits per heavy atom. The van der Waals surface area contributed by atoms with E-state index in [0.29, 0.717) is 5.76 Å². The van der Waals surface area contributed by atoms with Gasteiger partial charge in [-0.2, -0.15) is 0 Å². The molecule has 0 radical (unpaired) electrons. The molecule has 0 aliphatic heterocycles. The molecule has 1 fully saturated rings. The Labute approximate surface area is 87.2 Å². The van der Waals surface area contributed by atoms with E-state index in [-0.39, 0.29) is 5.60 Å². The van der Waals surface area contributed by atoms with Gasteiger partial charge in [-0.3, -0.25) is 0 Å². The summed E-state index contributed by atoms with van der Waals surface area (Å²) in [6.07, 6.45) is 7.57. The number of allylic oxidation sites excluding steroid dienone is 1. The van der Waals surface area contributed by atoms with E-state index >= 15 is 0 Å². The summed E-state index contributed by atoms with van der Waals surface area (Å²) in [4.78, 5) is 0. The summed E-state index contributed by atoms with van der Waals surface area (Å²) in [5, 5.41) is 0. The second kappa shape index (κ2) is 4.50. The van der Waals surface area contributed by atoms with Gasteiger partial charge in [-0.25, -0.2) is 0 Å². The molecular weight excluding hydrogens is 172 g/mol. The summed E-state index contributed by atoms with van der Waals surface area (Å²) in [6.45, 7) is 13.6. The lowest BCUT2D eigenvalue weighted by Crippen LogP contribution is -2.27. The molecule has 1 heteroatoms. The van der Waals surface area contributed by atoms with E-state index in [4.69, 9.17) is 4.74 Å². The minimum absolute atomic E-state index is 0.0308. The Kier molecular flexibility index (Phi) is 3.56. The van der Waals surface area contributed by atoms with E-state index in [9.17, 15) is 0 Å². The van der Waals surface area contributed by atoms with Crippen LogP contribution in [-0.2, 0) is 4.74 Å². The normalized spacial score (nSPS) is 18.9. The smallest absolute Gasteiger partial charge is 0.119 e.